The molecule has 0 aliphatic carbocycles. The quantitative estimate of drug-likeness (QED) is 0.511. The van der Waals surface area contributed by atoms with Crippen molar-refractivity contribution in [3.05, 3.63) is 12.1 Å². The SMILES string of the molecule is CCCCCCOc1cc2nc(N3CCCC3)sc2cc1N=N. The Bertz CT molecular complexity index is 664. The highest BCUT2D eigenvalue weighted by Gasteiger charge is 2.17. The normalized spacial score (nSPS) is 14.6. The van der Waals surface area contributed by atoms with Gasteiger partial charge in [-0.1, -0.05) is 37.5 Å². The summed E-state index contributed by atoms with van der Waals surface area (Å²) in [6.45, 7) is 5.07. The first-order valence-electron chi connectivity index (χ1n) is 8.51. The highest BCUT2D eigenvalue weighted by atomic mass is 32.1. The summed E-state index contributed by atoms with van der Waals surface area (Å²) in [7, 11) is 0. The van der Waals surface area contributed by atoms with Gasteiger partial charge in [0, 0.05) is 19.2 Å². The van der Waals surface area contributed by atoms with E-state index in [9.17, 15) is 0 Å². The van der Waals surface area contributed by atoms with Crippen molar-refractivity contribution in [1.29, 1.82) is 5.53 Å². The number of thiazole rings is 1. The van der Waals surface area contributed by atoms with Crippen LogP contribution in [0.1, 0.15) is 45.4 Å². The minimum absolute atomic E-state index is 0.601. The molecular weight excluding hydrogens is 308 g/mol. The van der Waals surface area contributed by atoms with Gasteiger partial charge in [-0.15, -0.1) is 0 Å². The van der Waals surface area contributed by atoms with Crippen molar-refractivity contribution in [2.75, 3.05) is 24.6 Å². The maximum atomic E-state index is 7.40. The molecule has 124 valence electrons. The number of unbranched alkanes of at least 4 members (excludes halogenated alkanes) is 3. The zero-order chi connectivity index (χ0) is 16.1. The molecule has 1 saturated heterocycles. The number of hydrogen-bond donors (Lipinski definition) is 1. The van der Waals surface area contributed by atoms with Crippen LogP contribution in [0.3, 0.4) is 0 Å². The Hall–Kier alpha value is -1.69. The molecule has 1 fully saturated rings. The van der Waals surface area contributed by atoms with Crippen LogP contribution >= 0.6 is 11.3 Å². The van der Waals surface area contributed by atoms with Gasteiger partial charge < -0.3 is 9.64 Å². The van der Waals surface area contributed by atoms with E-state index in [-0.39, 0.29) is 0 Å². The van der Waals surface area contributed by atoms with Gasteiger partial charge in [-0.25, -0.2) is 10.5 Å². The first kappa shape index (κ1) is 16.2. The van der Waals surface area contributed by atoms with Crippen molar-refractivity contribution < 1.29 is 4.74 Å². The average Bonchev–Trinajstić information content (AvgIpc) is 3.22. The van der Waals surface area contributed by atoms with Gasteiger partial charge in [0.25, 0.3) is 0 Å². The predicted octanol–water partition coefficient (Wildman–Crippen LogP) is 5.52. The number of anilines is 1. The van der Waals surface area contributed by atoms with E-state index in [1.54, 1.807) is 11.3 Å². The van der Waals surface area contributed by atoms with Crippen molar-refractivity contribution in [3.8, 4) is 5.75 Å². The number of aromatic nitrogens is 1. The van der Waals surface area contributed by atoms with E-state index in [2.05, 4.69) is 16.9 Å². The van der Waals surface area contributed by atoms with E-state index in [1.807, 2.05) is 12.1 Å². The molecular formula is C17H24N4OS. The highest BCUT2D eigenvalue weighted by Crippen LogP contribution is 2.38. The molecule has 2 heterocycles. The van der Waals surface area contributed by atoms with E-state index in [4.69, 9.17) is 15.3 Å². The maximum Gasteiger partial charge on any atom is 0.186 e. The van der Waals surface area contributed by atoms with E-state index < -0.39 is 0 Å². The van der Waals surface area contributed by atoms with Gasteiger partial charge >= 0.3 is 0 Å². The largest absolute Gasteiger partial charge is 0.491 e. The van der Waals surface area contributed by atoms with Crippen LogP contribution in [0.4, 0.5) is 10.8 Å². The minimum atomic E-state index is 0.601. The topological polar surface area (TPSA) is 61.6 Å². The van der Waals surface area contributed by atoms with Crippen LogP contribution in [0, 0.1) is 5.53 Å². The Morgan fingerprint density at radius 2 is 2.09 bits per heavy atom. The van der Waals surface area contributed by atoms with E-state index in [1.165, 1.54) is 32.1 Å². The second kappa shape index (κ2) is 7.73. The molecule has 5 nitrogen and oxygen atoms in total. The molecule has 23 heavy (non-hydrogen) atoms. The Balaban J connectivity index is 1.75. The third-order valence-electron chi connectivity index (χ3n) is 4.21. The van der Waals surface area contributed by atoms with Gasteiger partial charge in [0.2, 0.25) is 0 Å². The Kier molecular flexibility index (Phi) is 5.43. The lowest BCUT2D eigenvalue weighted by Crippen LogP contribution is -2.16. The summed E-state index contributed by atoms with van der Waals surface area (Å²) in [5.74, 6) is 0.683. The first-order valence-corrected chi connectivity index (χ1v) is 9.33. The van der Waals surface area contributed by atoms with Gasteiger partial charge in [-0.2, -0.15) is 5.11 Å². The number of fused-ring (bicyclic) bond motifs is 1. The number of nitrogens with zero attached hydrogens (tertiary/aromatic N) is 3. The molecule has 0 spiro atoms. The molecule has 1 N–H and O–H groups in total. The Labute approximate surface area is 141 Å². The molecule has 1 aliphatic heterocycles. The number of hydrogen-bond acceptors (Lipinski definition) is 6. The monoisotopic (exact) mass is 332 g/mol. The second-order valence-electron chi connectivity index (χ2n) is 6.00. The van der Waals surface area contributed by atoms with Crippen molar-refractivity contribution in [3.63, 3.8) is 0 Å². The second-order valence-corrected chi connectivity index (χ2v) is 7.01. The summed E-state index contributed by atoms with van der Waals surface area (Å²) in [5, 5.41) is 4.71. The average molecular weight is 332 g/mol. The molecule has 3 rings (SSSR count). The van der Waals surface area contributed by atoms with Crippen molar-refractivity contribution in [2.45, 2.75) is 45.4 Å². The molecule has 2 aromatic rings. The summed E-state index contributed by atoms with van der Waals surface area (Å²) in [4.78, 5) is 7.09. The molecule has 6 heteroatoms. The zero-order valence-electron chi connectivity index (χ0n) is 13.7. The Morgan fingerprint density at radius 3 is 2.83 bits per heavy atom. The summed E-state index contributed by atoms with van der Waals surface area (Å²) >= 11 is 1.68. The molecule has 1 aromatic carbocycles. The van der Waals surface area contributed by atoms with Gasteiger partial charge in [0.05, 0.1) is 16.8 Å². The third kappa shape index (κ3) is 3.80. The van der Waals surface area contributed by atoms with E-state index in [0.29, 0.717) is 18.0 Å². The number of benzene rings is 1. The third-order valence-corrected chi connectivity index (χ3v) is 5.29. The van der Waals surface area contributed by atoms with Crippen LogP contribution in [0.25, 0.3) is 10.2 Å². The fraction of sp³-hybridized carbons (Fsp3) is 0.588. The van der Waals surface area contributed by atoms with Crippen molar-refractivity contribution >= 4 is 32.4 Å². The van der Waals surface area contributed by atoms with Gasteiger partial charge in [-0.05, 0) is 25.3 Å². The molecule has 1 aliphatic rings. The summed E-state index contributed by atoms with van der Waals surface area (Å²) in [6, 6.07) is 3.87. The Morgan fingerprint density at radius 1 is 1.26 bits per heavy atom. The van der Waals surface area contributed by atoms with Crippen LogP contribution < -0.4 is 9.64 Å². The summed E-state index contributed by atoms with van der Waals surface area (Å²) < 4.78 is 6.93. The lowest BCUT2D eigenvalue weighted by Gasteiger charge is -2.11. The number of rotatable bonds is 8. The highest BCUT2D eigenvalue weighted by molar-refractivity contribution is 7.22. The van der Waals surface area contributed by atoms with E-state index in [0.717, 1.165) is 34.9 Å². The summed E-state index contributed by atoms with van der Waals surface area (Å²) in [5.41, 5.74) is 8.95. The molecule has 0 saturated carbocycles. The molecule has 0 unspecified atom stereocenters. The maximum absolute atomic E-state index is 7.40. The fourth-order valence-electron chi connectivity index (χ4n) is 2.89. The van der Waals surface area contributed by atoms with Crippen LogP contribution in [-0.2, 0) is 0 Å². The summed E-state index contributed by atoms with van der Waals surface area (Å²) in [6.07, 6.45) is 7.17. The number of nitrogens with one attached hydrogen (secondary N) is 1. The molecule has 0 bridgehead atoms. The molecule has 1 aromatic heterocycles. The van der Waals surface area contributed by atoms with Crippen LogP contribution in [0.2, 0.25) is 0 Å². The molecule has 0 atom stereocenters. The smallest absolute Gasteiger partial charge is 0.186 e. The zero-order valence-corrected chi connectivity index (χ0v) is 14.5. The standard InChI is InChI=1S/C17H24N4OS/c1-2-3-4-7-10-22-15-11-14-16(12-13(15)20-18)23-17(19-14)21-8-5-6-9-21/h11-12,18H,2-10H2,1H3. The van der Waals surface area contributed by atoms with E-state index >= 15 is 0 Å². The predicted molar refractivity (Wildman–Crippen MR) is 95.5 cm³/mol. The van der Waals surface area contributed by atoms with Crippen LogP contribution in [0.15, 0.2) is 17.2 Å². The number of ether oxygens (including phenoxy) is 1. The lowest BCUT2D eigenvalue weighted by atomic mass is 10.2. The minimum Gasteiger partial charge on any atom is -0.491 e. The first-order chi connectivity index (χ1) is 11.3. The van der Waals surface area contributed by atoms with Crippen molar-refractivity contribution in [1.82, 2.24) is 4.98 Å². The molecule has 0 radical (unpaired) electrons. The fourth-order valence-corrected chi connectivity index (χ4v) is 3.92. The van der Waals surface area contributed by atoms with Crippen molar-refractivity contribution in [2.24, 2.45) is 5.11 Å². The van der Waals surface area contributed by atoms with Crippen LogP contribution in [-0.4, -0.2) is 24.7 Å². The molecule has 0 amide bonds. The lowest BCUT2D eigenvalue weighted by molar-refractivity contribution is 0.306. The van der Waals surface area contributed by atoms with Gasteiger partial charge in [0.1, 0.15) is 11.4 Å². The van der Waals surface area contributed by atoms with Gasteiger partial charge in [0.15, 0.2) is 5.13 Å². The van der Waals surface area contributed by atoms with Crippen LogP contribution in [0.5, 0.6) is 5.75 Å². The van der Waals surface area contributed by atoms with Gasteiger partial charge in [-0.3, -0.25) is 0 Å².